The number of amides is 2. The summed E-state index contributed by atoms with van der Waals surface area (Å²) >= 11 is 0. The van der Waals surface area contributed by atoms with Crippen molar-refractivity contribution >= 4 is 27.5 Å². The highest BCUT2D eigenvalue weighted by Crippen LogP contribution is 2.48. The summed E-state index contributed by atoms with van der Waals surface area (Å²) in [7, 11) is -1.91. The molecule has 0 aromatic heterocycles. The Bertz CT molecular complexity index is 1460. The molecule has 254 valence electrons. The van der Waals surface area contributed by atoms with Crippen LogP contribution in [0.4, 0.5) is 28.0 Å². The van der Waals surface area contributed by atoms with E-state index in [4.69, 9.17) is 4.74 Å². The summed E-state index contributed by atoms with van der Waals surface area (Å²) in [6, 6.07) is 8.17. The van der Waals surface area contributed by atoms with Crippen molar-refractivity contribution in [3.05, 3.63) is 65.2 Å². The highest BCUT2D eigenvalue weighted by Gasteiger charge is 2.51. The molecule has 1 aliphatic heterocycles. The first kappa shape index (κ1) is 35.6. The minimum atomic E-state index is -3.02. The molecule has 0 bridgehead atoms. The summed E-state index contributed by atoms with van der Waals surface area (Å²) in [5.41, 5.74) is -0.488. The van der Waals surface area contributed by atoms with Crippen molar-refractivity contribution in [2.24, 2.45) is 0 Å². The summed E-state index contributed by atoms with van der Waals surface area (Å²) < 4.78 is 85.4. The third-order valence-corrected chi connectivity index (χ3v) is 10.1. The fourth-order valence-electron chi connectivity index (χ4n) is 6.43. The van der Waals surface area contributed by atoms with Crippen molar-refractivity contribution in [3.63, 3.8) is 0 Å². The number of benzene rings is 2. The largest absolute Gasteiger partial charge is 0.453 e. The maximum Gasteiger partial charge on any atom is 0.407 e. The number of alkyl carbamates (subject to hydrolysis) is 1. The number of nitrogens with one attached hydrogen (secondary N) is 4. The van der Waals surface area contributed by atoms with Crippen molar-refractivity contribution in [2.75, 3.05) is 37.5 Å². The van der Waals surface area contributed by atoms with Gasteiger partial charge in [-0.25, -0.2) is 30.8 Å². The van der Waals surface area contributed by atoms with Crippen LogP contribution in [-0.4, -0.2) is 76.7 Å². The number of ether oxygens (including phenoxy) is 1. The number of hydrogen-bond donors (Lipinski definition) is 4. The lowest BCUT2D eigenvalue weighted by atomic mass is 9.63. The van der Waals surface area contributed by atoms with Gasteiger partial charge in [-0.2, -0.15) is 0 Å². The smallest absolute Gasteiger partial charge is 0.407 e. The third-order valence-electron chi connectivity index (χ3n) is 9.05. The number of carbonyl (C=O) groups excluding carboxylic acids is 2. The first-order chi connectivity index (χ1) is 21.7. The molecule has 2 aliphatic rings. The van der Waals surface area contributed by atoms with Crippen LogP contribution in [0.3, 0.4) is 0 Å². The molecule has 3 atom stereocenters. The Labute approximate surface area is 267 Å². The van der Waals surface area contributed by atoms with E-state index in [0.717, 1.165) is 7.11 Å². The number of methoxy groups -OCH3 is 1. The molecule has 0 spiro atoms. The molecule has 46 heavy (non-hydrogen) atoms. The maximum absolute atomic E-state index is 15.2. The van der Waals surface area contributed by atoms with Gasteiger partial charge in [0.25, 0.3) is 0 Å². The molecule has 2 aromatic carbocycles. The number of piperazine rings is 1. The number of halogens is 4. The first-order valence-corrected chi connectivity index (χ1v) is 17.5. The summed E-state index contributed by atoms with van der Waals surface area (Å²) in [6.07, 6.45) is 0.822. The zero-order chi connectivity index (χ0) is 33.5. The van der Waals surface area contributed by atoms with Crippen LogP contribution in [-0.2, 0) is 31.2 Å². The van der Waals surface area contributed by atoms with Gasteiger partial charge in [0.05, 0.1) is 7.11 Å². The molecule has 4 rings (SSSR count). The van der Waals surface area contributed by atoms with E-state index in [1.165, 1.54) is 48.7 Å². The van der Waals surface area contributed by atoms with Gasteiger partial charge in [0, 0.05) is 66.7 Å². The van der Waals surface area contributed by atoms with Crippen molar-refractivity contribution in [2.45, 2.75) is 80.8 Å². The first-order valence-electron chi connectivity index (χ1n) is 15.4. The Balaban J connectivity index is 1.50. The van der Waals surface area contributed by atoms with Gasteiger partial charge in [-0.1, -0.05) is 18.2 Å². The van der Waals surface area contributed by atoms with E-state index in [-0.39, 0.29) is 48.3 Å². The van der Waals surface area contributed by atoms with Crippen LogP contribution >= 0.6 is 0 Å². The number of anilines is 1. The summed E-state index contributed by atoms with van der Waals surface area (Å²) in [5, 5.41) is 12.1. The number of sulfone groups is 1. The van der Waals surface area contributed by atoms with Crippen LogP contribution in [0.15, 0.2) is 42.5 Å². The van der Waals surface area contributed by atoms with Crippen LogP contribution < -0.4 is 21.3 Å². The minimum absolute atomic E-state index is 0.00583. The van der Waals surface area contributed by atoms with E-state index in [9.17, 15) is 31.2 Å². The van der Waals surface area contributed by atoms with Gasteiger partial charge >= 0.3 is 6.09 Å². The molecular weight excluding hydrogens is 628 g/mol. The Kier molecular flexibility index (Phi) is 11.7. The average Bonchev–Trinajstić information content (AvgIpc) is 3.00. The molecule has 2 fully saturated rings. The second-order valence-electron chi connectivity index (χ2n) is 12.4. The monoisotopic (exact) mass is 670 g/mol. The zero-order valence-corrected chi connectivity index (χ0v) is 26.8. The van der Waals surface area contributed by atoms with Gasteiger partial charge in [0.1, 0.15) is 27.5 Å². The average molecular weight is 671 g/mol. The zero-order valence-electron chi connectivity index (χ0n) is 26.0. The number of carbonyl (C=O) groups is 2. The number of rotatable bonds is 12. The predicted molar refractivity (Wildman–Crippen MR) is 167 cm³/mol. The van der Waals surface area contributed by atoms with E-state index < -0.39 is 63.7 Å². The van der Waals surface area contributed by atoms with Crippen molar-refractivity contribution in [1.29, 1.82) is 0 Å². The standard InChI is InChI=1S/C32H42F4N4O5S/c1-45-30(42)40-28(31(14-16-32(35,36)17-15-31)21-8-10-22(33)11-9-21)29(41)39-27-7-3-6-26(34)25(27)13-12-24-20-37-23(19-38-24)5-4-18-46(2,43)44/h3,6-11,23-24,28,37-38H,4-5,12-20H2,1-2H3,(H,39,41)(H,40,42)/t23?,24-,28+/m0/s1. The molecule has 1 unspecified atom stereocenters. The maximum atomic E-state index is 15.2. The second kappa shape index (κ2) is 15.1. The van der Waals surface area contributed by atoms with Gasteiger partial charge in [-0.3, -0.25) is 4.79 Å². The van der Waals surface area contributed by atoms with Crippen LogP contribution in [0.1, 0.15) is 56.1 Å². The van der Waals surface area contributed by atoms with Crippen LogP contribution in [0, 0.1) is 11.6 Å². The molecule has 14 heteroatoms. The molecular formula is C32H42F4N4O5S. The Morgan fingerprint density at radius 1 is 0.978 bits per heavy atom. The van der Waals surface area contributed by atoms with E-state index >= 15 is 4.39 Å². The lowest BCUT2D eigenvalue weighted by Crippen LogP contribution is -2.59. The molecule has 1 heterocycles. The normalized spacial score (nSPS) is 21.6. The Morgan fingerprint density at radius 3 is 2.20 bits per heavy atom. The van der Waals surface area contributed by atoms with Gasteiger partial charge in [-0.15, -0.1) is 0 Å². The van der Waals surface area contributed by atoms with E-state index in [0.29, 0.717) is 37.9 Å². The summed E-state index contributed by atoms with van der Waals surface area (Å²) in [6.45, 7) is 1.22. The molecule has 1 aliphatic carbocycles. The Morgan fingerprint density at radius 2 is 1.61 bits per heavy atom. The molecule has 1 saturated carbocycles. The van der Waals surface area contributed by atoms with Crippen LogP contribution in [0.5, 0.6) is 0 Å². The van der Waals surface area contributed by atoms with Gasteiger partial charge in [0.2, 0.25) is 11.8 Å². The van der Waals surface area contributed by atoms with Crippen LogP contribution in [0.2, 0.25) is 0 Å². The Hall–Kier alpha value is -3.23. The lowest BCUT2D eigenvalue weighted by Gasteiger charge is -2.45. The van der Waals surface area contributed by atoms with E-state index in [1.807, 2.05) is 0 Å². The van der Waals surface area contributed by atoms with Crippen molar-refractivity contribution in [3.8, 4) is 0 Å². The number of alkyl halides is 2. The lowest BCUT2D eigenvalue weighted by molar-refractivity contribution is -0.122. The molecule has 9 nitrogen and oxygen atoms in total. The topological polar surface area (TPSA) is 126 Å². The summed E-state index contributed by atoms with van der Waals surface area (Å²) in [5.74, 6) is -4.67. The highest BCUT2D eigenvalue weighted by molar-refractivity contribution is 7.90. The van der Waals surface area contributed by atoms with Gasteiger partial charge in [-0.05, 0) is 68.4 Å². The molecule has 2 amide bonds. The van der Waals surface area contributed by atoms with Gasteiger partial charge in [0.15, 0.2) is 0 Å². The quantitative estimate of drug-likeness (QED) is 0.246. The molecule has 1 saturated heterocycles. The molecule has 2 aromatic rings. The highest BCUT2D eigenvalue weighted by atomic mass is 32.2. The SMILES string of the molecule is COC(=O)N[C@H](C(=O)Nc1cccc(F)c1CC[C@H]1CNC(CCCS(C)(=O)=O)CN1)C1(c2ccc(F)cc2)CCC(F)(F)CC1. The molecule has 4 N–H and O–H groups in total. The second-order valence-corrected chi connectivity index (χ2v) is 14.6. The predicted octanol–water partition coefficient (Wildman–Crippen LogP) is 4.46. The number of hydrogen-bond acceptors (Lipinski definition) is 7. The summed E-state index contributed by atoms with van der Waals surface area (Å²) in [4.78, 5) is 26.5. The fourth-order valence-corrected chi connectivity index (χ4v) is 7.13. The van der Waals surface area contributed by atoms with E-state index in [1.54, 1.807) is 0 Å². The van der Waals surface area contributed by atoms with Crippen molar-refractivity contribution in [1.82, 2.24) is 16.0 Å². The van der Waals surface area contributed by atoms with Gasteiger partial charge < -0.3 is 26.0 Å². The van der Waals surface area contributed by atoms with E-state index in [2.05, 4.69) is 21.3 Å². The molecule has 0 radical (unpaired) electrons. The third kappa shape index (κ3) is 9.41. The van der Waals surface area contributed by atoms with Crippen molar-refractivity contribution < 1.29 is 40.3 Å². The fraction of sp³-hybridized carbons (Fsp3) is 0.562. The minimum Gasteiger partial charge on any atom is -0.453 e. The van der Waals surface area contributed by atoms with Crippen LogP contribution in [0.25, 0.3) is 0 Å².